The molecule has 0 spiro atoms. The van der Waals surface area contributed by atoms with Crippen molar-refractivity contribution in [3.05, 3.63) is 164 Å². The van der Waals surface area contributed by atoms with Crippen molar-refractivity contribution in [2.45, 2.75) is 0 Å². The Morgan fingerprint density at radius 2 is 0.400 bits per heavy atom. The molecule has 0 radical (unpaired) electrons. The molecule has 0 aliphatic carbocycles. The zero-order valence-corrected chi connectivity index (χ0v) is 24.3. The minimum atomic E-state index is 0. The van der Waals surface area contributed by atoms with Crippen molar-refractivity contribution in [2.24, 2.45) is 0 Å². The van der Waals surface area contributed by atoms with Crippen LogP contribution in [0.1, 0.15) is 0 Å². The Kier molecular flexibility index (Phi) is 11.7. The quantitative estimate of drug-likeness (QED) is 0.215. The van der Waals surface area contributed by atoms with E-state index in [9.17, 15) is 15.3 Å². The van der Waals surface area contributed by atoms with E-state index in [0.29, 0.717) is 0 Å². The summed E-state index contributed by atoms with van der Waals surface area (Å²) in [6.07, 6.45) is 0. The molecule has 40 heavy (non-hydrogen) atoms. The summed E-state index contributed by atoms with van der Waals surface area (Å²) in [7, 11) is 0. The first-order valence-electron chi connectivity index (χ1n) is 12.6. The van der Waals surface area contributed by atoms with Gasteiger partial charge in [0.05, 0.1) is 0 Å². The zero-order valence-electron chi connectivity index (χ0n) is 21.9. The number of rotatable bonds is 3. The fraction of sp³-hybridized carbons (Fsp3) is 0. The van der Waals surface area contributed by atoms with E-state index in [4.69, 9.17) is 0 Å². The fourth-order valence-electron chi connectivity index (χ4n) is 3.83. The van der Waals surface area contributed by atoms with Crippen LogP contribution in [-0.2, 0) is 0 Å². The van der Waals surface area contributed by atoms with Crippen molar-refractivity contribution < 1.29 is 15.3 Å². The molecule has 0 unspecified atom stereocenters. The first-order valence-corrected chi connectivity index (χ1v) is 12.6. The Hall–Kier alpha value is -4.64. The molecule has 4 heteroatoms. The van der Waals surface area contributed by atoms with Crippen molar-refractivity contribution in [3.8, 4) is 50.6 Å². The zero-order chi connectivity index (χ0) is 27.3. The van der Waals surface area contributed by atoms with Crippen LogP contribution in [0.4, 0.5) is 0 Å². The molecule has 0 N–H and O–H groups in total. The van der Waals surface area contributed by atoms with E-state index in [0.717, 1.165) is 33.4 Å². The van der Waals surface area contributed by atoms with E-state index in [-0.39, 0.29) is 37.0 Å². The summed E-state index contributed by atoms with van der Waals surface area (Å²) in [6.45, 7) is 0. The van der Waals surface area contributed by atoms with Crippen LogP contribution in [0.25, 0.3) is 33.4 Å². The molecule has 0 aromatic heterocycles. The van der Waals surface area contributed by atoms with E-state index in [1.165, 1.54) is 0 Å². The van der Waals surface area contributed by atoms with Crippen LogP contribution in [0.2, 0.25) is 0 Å². The molecule has 0 atom stereocenters. The molecule has 192 valence electrons. The van der Waals surface area contributed by atoms with Crippen molar-refractivity contribution in [1.29, 1.82) is 0 Å². The minimum absolute atomic E-state index is 0. The Bertz CT molecular complexity index is 1330. The van der Waals surface area contributed by atoms with Gasteiger partial charge in [0.1, 0.15) is 0 Å². The maximum Gasteiger partial charge on any atom is 3.00 e. The van der Waals surface area contributed by atoms with Crippen molar-refractivity contribution >= 4 is 19.8 Å². The summed E-state index contributed by atoms with van der Waals surface area (Å²) in [5.41, 5.74) is 6.67. The van der Waals surface area contributed by atoms with E-state index in [1.54, 1.807) is 36.4 Å². The Morgan fingerprint density at radius 1 is 0.225 bits per heavy atom. The monoisotopic (exact) mass is 576 g/mol. The fourth-order valence-corrected chi connectivity index (χ4v) is 3.83. The van der Waals surface area contributed by atoms with Crippen molar-refractivity contribution in [2.75, 3.05) is 0 Å². The molecule has 6 aromatic rings. The van der Waals surface area contributed by atoms with Crippen LogP contribution >= 0.6 is 0 Å². The second-order valence-electron chi connectivity index (χ2n) is 8.67. The third-order valence-corrected chi connectivity index (χ3v) is 5.88. The summed E-state index contributed by atoms with van der Waals surface area (Å²) in [4.78, 5) is 0. The van der Waals surface area contributed by atoms with E-state index >= 15 is 0 Å². The average molecular weight is 577 g/mol. The topological polar surface area (TPSA) is 69.2 Å². The largest absolute Gasteiger partial charge is 3.00 e. The molecule has 0 heterocycles. The maximum absolute atomic E-state index is 10.9. The molecule has 0 fully saturated rings. The molecule has 0 aliphatic heterocycles. The smallest absolute Gasteiger partial charge is 0.872 e. The SMILES string of the molecule is [Ga+3].[O-]c1ccc(-c2ccccc2)cc1.[O-]c1ccc(-c2ccccc2)cc1.[O-]c1ccc(-c2ccccc2)cc1. The molecule has 0 aliphatic rings. The van der Waals surface area contributed by atoms with Gasteiger partial charge in [0.2, 0.25) is 0 Å². The van der Waals surface area contributed by atoms with Gasteiger partial charge in [-0.3, -0.25) is 0 Å². The predicted octanol–water partition coefficient (Wildman–Crippen LogP) is 6.90. The molecule has 0 bridgehead atoms. The van der Waals surface area contributed by atoms with Gasteiger partial charge in [-0.05, 0) is 33.4 Å². The minimum Gasteiger partial charge on any atom is -0.872 e. The van der Waals surface area contributed by atoms with Crippen LogP contribution in [0.3, 0.4) is 0 Å². The molecule has 0 saturated carbocycles. The summed E-state index contributed by atoms with van der Waals surface area (Å²) in [5.74, 6) is 0.166. The van der Waals surface area contributed by atoms with Crippen molar-refractivity contribution in [3.63, 3.8) is 0 Å². The van der Waals surface area contributed by atoms with Gasteiger partial charge < -0.3 is 15.3 Å². The van der Waals surface area contributed by atoms with Gasteiger partial charge in [-0.1, -0.05) is 164 Å². The summed E-state index contributed by atoms with van der Waals surface area (Å²) >= 11 is 0. The van der Waals surface area contributed by atoms with Gasteiger partial charge >= 0.3 is 19.8 Å². The third kappa shape index (κ3) is 9.28. The number of benzene rings is 6. The molecule has 0 saturated heterocycles. The molecule has 6 rings (SSSR count). The van der Waals surface area contributed by atoms with Crippen LogP contribution in [0.15, 0.2) is 164 Å². The van der Waals surface area contributed by atoms with Gasteiger partial charge in [-0.2, -0.15) is 0 Å². The van der Waals surface area contributed by atoms with Crippen LogP contribution in [-0.4, -0.2) is 19.8 Å². The molecular weight excluding hydrogens is 550 g/mol. The summed E-state index contributed by atoms with van der Waals surface area (Å²) in [5, 5.41) is 32.6. The Labute approximate surface area is 248 Å². The first kappa shape index (κ1) is 29.9. The first-order chi connectivity index (χ1) is 19.1. The molecule has 6 aromatic carbocycles. The van der Waals surface area contributed by atoms with E-state index in [2.05, 4.69) is 0 Å². The second-order valence-corrected chi connectivity index (χ2v) is 8.67. The van der Waals surface area contributed by atoms with Gasteiger partial charge in [-0.15, -0.1) is 17.2 Å². The predicted molar refractivity (Wildman–Crippen MR) is 160 cm³/mol. The standard InChI is InChI=1S/3C12H10O.Ga/c3*13-12-8-6-11(7-9-12)10-4-2-1-3-5-10;/h3*1-9,13H;/q;;;+3/p-3. The van der Waals surface area contributed by atoms with Gasteiger partial charge in [0, 0.05) is 0 Å². The van der Waals surface area contributed by atoms with Crippen molar-refractivity contribution in [1.82, 2.24) is 0 Å². The Morgan fingerprint density at radius 3 is 0.600 bits per heavy atom. The molecule has 3 nitrogen and oxygen atoms in total. The maximum atomic E-state index is 10.9. The normalized spacial score (nSPS) is 9.60. The Balaban J connectivity index is 0.000000163. The number of hydrogen-bond donors (Lipinski definition) is 0. The van der Waals surface area contributed by atoms with E-state index in [1.807, 2.05) is 127 Å². The summed E-state index contributed by atoms with van der Waals surface area (Å²) in [6, 6.07) is 50.6. The molecular formula is C36H27GaO3. The average Bonchev–Trinajstić information content (AvgIpc) is 3.00. The van der Waals surface area contributed by atoms with Crippen LogP contribution in [0, 0.1) is 0 Å². The van der Waals surface area contributed by atoms with E-state index < -0.39 is 0 Å². The van der Waals surface area contributed by atoms with Gasteiger partial charge in [0.25, 0.3) is 0 Å². The number of hydrogen-bond acceptors (Lipinski definition) is 3. The third-order valence-electron chi connectivity index (χ3n) is 5.88. The van der Waals surface area contributed by atoms with Crippen LogP contribution < -0.4 is 15.3 Å². The van der Waals surface area contributed by atoms with Crippen LogP contribution in [0.5, 0.6) is 17.2 Å². The van der Waals surface area contributed by atoms with Gasteiger partial charge in [0.15, 0.2) is 0 Å². The molecule has 0 amide bonds. The summed E-state index contributed by atoms with van der Waals surface area (Å²) < 4.78 is 0. The second kappa shape index (κ2) is 15.7. The van der Waals surface area contributed by atoms with Gasteiger partial charge in [-0.25, -0.2) is 0 Å².